The van der Waals surface area contributed by atoms with Gasteiger partial charge in [-0.05, 0) is 13.3 Å². The number of piperazine rings is 1. The SMILES string of the molecule is CCCNc1nc(N2CCNC(=O)C2C)c2cn[nH]c2n1. The van der Waals surface area contributed by atoms with E-state index < -0.39 is 0 Å². The van der Waals surface area contributed by atoms with Gasteiger partial charge in [-0.25, -0.2) is 0 Å². The number of carbonyl (C=O) groups is 1. The number of rotatable bonds is 4. The fourth-order valence-electron chi connectivity index (χ4n) is 2.43. The number of anilines is 2. The summed E-state index contributed by atoms with van der Waals surface area (Å²) in [4.78, 5) is 22.9. The molecule has 2 aromatic rings. The Balaban J connectivity index is 2.02. The zero-order valence-electron chi connectivity index (χ0n) is 12.2. The van der Waals surface area contributed by atoms with E-state index in [2.05, 4.69) is 37.7 Å². The van der Waals surface area contributed by atoms with Crippen LogP contribution in [0.5, 0.6) is 0 Å². The van der Waals surface area contributed by atoms with Crippen molar-refractivity contribution in [2.75, 3.05) is 29.9 Å². The quantitative estimate of drug-likeness (QED) is 0.758. The third-order valence-corrected chi connectivity index (χ3v) is 3.59. The minimum atomic E-state index is -0.259. The van der Waals surface area contributed by atoms with Gasteiger partial charge < -0.3 is 15.5 Å². The molecule has 21 heavy (non-hydrogen) atoms. The maximum Gasteiger partial charge on any atom is 0.242 e. The molecule has 3 heterocycles. The van der Waals surface area contributed by atoms with Gasteiger partial charge in [-0.1, -0.05) is 6.92 Å². The third kappa shape index (κ3) is 2.48. The second-order valence-electron chi connectivity index (χ2n) is 5.09. The number of H-pyrrole nitrogens is 1. The lowest BCUT2D eigenvalue weighted by atomic mass is 10.2. The Hall–Kier alpha value is -2.38. The molecule has 1 fully saturated rings. The van der Waals surface area contributed by atoms with Gasteiger partial charge in [0.05, 0.1) is 11.6 Å². The molecular weight excluding hydrogens is 270 g/mol. The molecule has 0 bridgehead atoms. The van der Waals surface area contributed by atoms with Gasteiger partial charge in [-0.15, -0.1) is 0 Å². The van der Waals surface area contributed by atoms with E-state index in [1.54, 1.807) is 6.20 Å². The van der Waals surface area contributed by atoms with Gasteiger partial charge in [-0.2, -0.15) is 15.1 Å². The number of amides is 1. The van der Waals surface area contributed by atoms with Crippen LogP contribution >= 0.6 is 0 Å². The Bertz CT molecular complexity index is 653. The molecule has 1 saturated heterocycles. The highest BCUT2D eigenvalue weighted by Crippen LogP contribution is 2.26. The highest BCUT2D eigenvalue weighted by atomic mass is 16.2. The highest BCUT2D eigenvalue weighted by Gasteiger charge is 2.28. The molecule has 1 atom stereocenters. The lowest BCUT2D eigenvalue weighted by Crippen LogP contribution is -2.54. The first-order chi connectivity index (χ1) is 10.2. The van der Waals surface area contributed by atoms with Crippen LogP contribution in [0.3, 0.4) is 0 Å². The van der Waals surface area contributed by atoms with E-state index >= 15 is 0 Å². The molecular formula is C13H19N7O. The predicted molar refractivity (Wildman–Crippen MR) is 80.3 cm³/mol. The summed E-state index contributed by atoms with van der Waals surface area (Å²) in [5.41, 5.74) is 0.678. The lowest BCUT2D eigenvalue weighted by molar-refractivity contribution is -0.122. The number of aromatic nitrogens is 4. The van der Waals surface area contributed by atoms with Gasteiger partial charge in [0.15, 0.2) is 5.65 Å². The molecule has 3 N–H and O–H groups in total. The van der Waals surface area contributed by atoms with Crippen LogP contribution in [0, 0.1) is 0 Å². The summed E-state index contributed by atoms with van der Waals surface area (Å²) in [6.07, 6.45) is 2.69. The van der Waals surface area contributed by atoms with E-state index in [-0.39, 0.29) is 11.9 Å². The standard InChI is InChI=1S/C13H19N7O/c1-3-4-15-13-17-10-9(7-16-19-10)11(18-13)20-6-5-14-12(21)8(20)2/h7-8H,3-6H2,1-2H3,(H,14,21)(H2,15,16,17,18,19). The molecule has 1 aliphatic heterocycles. The van der Waals surface area contributed by atoms with Crippen LogP contribution < -0.4 is 15.5 Å². The fourth-order valence-corrected chi connectivity index (χ4v) is 2.43. The minimum absolute atomic E-state index is 0.0135. The molecule has 3 rings (SSSR count). The van der Waals surface area contributed by atoms with E-state index in [9.17, 15) is 4.79 Å². The predicted octanol–water partition coefficient (Wildman–Crippen LogP) is 0.499. The maximum absolute atomic E-state index is 11.9. The van der Waals surface area contributed by atoms with E-state index in [0.29, 0.717) is 18.1 Å². The van der Waals surface area contributed by atoms with Crippen molar-refractivity contribution in [1.29, 1.82) is 0 Å². The molecule has 8 nitrogen and oxygen atoms in total. The number of fused-ring (bicyclic) bond motifs is 1. The van der Waals surface area contributed by atoms with Gasteiger partial charge in [0.25, 0.3) is 0 Å². The van der Waals surface area contributed by atoms with Crippen molar-refractivity contribution >= 4 is 28.7 Å². The van der Waals surface area contributed by atoms with Gasteiger partial charge in [0, 0.05) is 19.6 Å². The average molecular weight is 289 g/mol. The maximum atomic E-state index is 11.9. The largest absolute Gasteiger partial charge is 0.354 e. The monoisotopic (exact) mass is 289 g/mol. The summed E-state index contributed by atoms with van der Waals surface area (Å²) < 4.78 is 0. The van der Waals surface area contributed by atoms with Gasteiger partial charge in [0.2, 0.25) is 11.9 Å². The number of hydrogen-bond donors (Lipinski definition) is 3. The summed E-state index contributed by atoms with van der Waals surface area (Å²) in [6, 6.07) is -0.259. The summed E-state index contributed by atoms with van der Waals surface area (Å²) in [7, 11) is 0. The lowest BCUT2D eigenvalue weighted by Gasteiger charge is -2.34. The molecule has 8 heteroatoms. The zero-order chi connectivity index (χ0) is 14.8. The van der Waals surface area contributed by atoms with Crippen molar-refractivity contribution in [2.45, 2.75) is 26.3 Å². The topological polar surface area (TPSA) is 98.8 Å². The number of hydrogen-bond acceptors (Lipinski definition) is 6. The van der Waals surface area contributed by atoms with E-state index in [4.69, 9.17) is 0 Å². The summed E-state index contributed by atoms with van der Waals surface area (Å²) in [5.74, 6) is 1.32. The van der Waals surface area contributed by atoms with Gasteiger partial charge in [-0.3, -0.25) is 9.89 Å². The normalized spacial score (nSPS) is 18.9. The Morgan fingerprint density at radius 2 is 2.33 bits per heavy atom. The first-order valence-electron chi connectivity index (χ1n) is 7.20. The smallest absolute Gasteiger partial charge is 0.242 e. The molecule has 2 aromatic heterocycles. The molecule has 0 aromatic carbocycles. The summed E-state index contributed by atoms with van der Waals surface area (Å²) in [5, 5.41) is 13.8. The Kier molecular flexibility index (Phi) is 3.59. The zero-order valence-corrected chi connectivity index (χ0v) is 12.2. The number of nitrogens with zero attached hydrogens (tertiary/aromatic N) is 4. The number of carbonyl (C=O) groups excluding carboxylic acids is 1. The van der Waals surface area contributed by atoms with Crippen LogP contribution in [0.15, 0.2) is 6.20 Å². The van der Waals surface area contributed by atoms with Crippen molar-refractivity contribution < 1.29 is 4.79 Å². The van der Waals surface area contributed by atoms with Crippen molar-refractivity contribution in [3.63, 3.8) is 0 Å². The first kappa shape index (κ1) is 13.6. The molecule has 0 aliphatic carbocycles. The van der Waals surface area contributed by atoms with E-state index in [1.807, 2.05) is 11.8 Å². The van der Waals surface area contributed by atoms with Crippen LogP contribution in [-0.4, -0.2) is 51.7 Å². The second kappa shape index (κ2) is 5.55. The fraction of sp³-hybridized carbons (Fsp3) is 0.538. The van der Waals surface area contributed by atoms with Crippen molar-refractivity contribution in [2.24, 2.45) is 0 Å². The summed E-state index contributed by atoms with van der Waals surface area (Å²) in [6.45, 7) is 6.10. The van der Waals surface area contributed by atoms with Crippen LogP contribution in [0.4, 0.5) is 11.8 Å². The molecule has 1 unspecified atom stereocenters. The van der Waals surface area contributed by atoms with Crippen LogP contribution in [-0.2, 0) is 4.79 Å². The van der Waals surface area contributed by atoms with Gasteiger partial charge in [0.1, 0.15) is 11.9 Å². The third-order valence-electron chi connectivity index (χ3n) is 3.59. The Morgan fingerprint density at radius 1 is 1.48 bits per heavy atom. The Labute approximate surface area is 122 Å². The molecule has 0 spiro atoms. The highest BCUT2D eigenvalue weighted by molar-refractivity contribution is 5.92. The Morgan fingerprint density at radius 3 is 3.14 bits per heavy atom. The van der Waals surface area contributed by atoms with Crippen LogP contribution in [0.2, 0.25) is 0 Å². The molecule has 0 saturated carbocycles. The van der Waals surface area contributed by atoms with Gasteiger partial charge >= 0.3 is 0 Å². The average Bonchev–Trinajstić information content (AvgIpc) is 2.95. The van der Waals surface area contributed by atoms with Crippen molar-refractivity contribution in [1.82, 2.24) is 25.5 Å². The number of nitrogens with one attached hydrogen (secondary N) is 3. The molecule has 112 valence electrons. The summed E-state index contributed by atoms with van der Waals surface area (Å²) >= 11 is 0. The van der Waals surface area contributed by atoms with Crippen molar-refractivity contribution in [3.8, 4) is 0 Å². The molecule has 1 amide bonds. The van der Waals surface area contributed by atoms with E-state index in [1.165, 1.54) is 0 Å². The number of aromatic amines is 1. The van der Waals surface area contributed by atoms with E-state index in [0.717, 1.165) is 30.7 Å². The van der Waals surface area contributed by atoms with Crippen LogP contribution in [0.25, 0.3) is 11.0 Å². The van der Waals surface area contributed by atoms with Crippen molar-refractivity contribution in [3.05, 3.63) is 6.20 Å². The first-order valence-corrected chi connectivity index (χ1v) is 7.20. The minimum Gasteiger partial charge on any atom is -0.354 e. The molecule has 0 radical (unpaired) electrons. The van der Waals surface area contributed by atoms with Crippen LogP contribution in [0.1, 0.15) is 20.3 Å². The second-order valence-corrected chi connectivity index (χ2v) is 5.09. The molecule has 1 aliphatic rings.